The van der Waals surface area contributed by atoms with Crippen LogP contribution in [-0.2, 0) is 13.0 Å². The molecule has 88 valence electrons. The maximum atomic E-state index is 5.51. The largest absolute Gasteiger partial charge is 0.326 e. The number of nitrogens with two attached hydrogens (primary N) is 1. The van der Waals surface area contributed by atoms with E-state index in [0.717, 1.165) is 6.42 Å². The summed E-state index contributed by atoms with van der Waals surface area (Å²) in [5.74, 6) is 0. The summed E-state index contributed by atoms with van der Waals surface area (Å²) in [6.45, 7) is 13.0. The minimum atomic E-state index is 0.644. The third kappa shape index (κ3) is 6.29. The molecule has 0 aliphatic rings. The van der Waals surface area contributed by atoms with E-state index < -0.39 is 0 Å². The molecule has 1 heteroatoms. The first kappa shape index (κ1) is 16.6. The van der Waals surface area contributed by atoms with Gasteiger partial charge in [-0.2, -0.15) is 0 Å². The van der Waals surface area contributed by atoms with Crippen molar-refractivity contribution in [2.24, 2.45) is 5.73 Å². The summed E-state index contributed by atoms with van der Waals surface area (Å²) in [6.07, 6.45) is 1.11. The standard InChI is InChI=1S/C10H15N.2C2H6/c1-3-10-5-4-9(7-11)6-8(10)2;2*1-2/h4-6H,3,7,11H2,1-2H3;2*1-2H3. The smallest absolute Gasteiger partial charge is 0.0178 e. The number of hydrogen-bond acceptors (Lipinski definition) is 1. The van der Waals surface area contributed by atoms with Gasteiger partial charge in [0.1, 0.15) is 0 Å². The molecular formula is C14H27N. The van der Waals surface area contributed by atoms with E-state index in [2.05, 4.69) is 32.0 Å². The van der Waals surface area contributed by atoms with Gasteiger partial charge >= 0.3 is 0 Å². The van der Waals surface area contributed by atoms with Gasteiger partial charge in [0.2, 0.25) is 0 Å². The van der Waals surface area contributed by atoms with Crippen LogP contribution in [0.5, 0.6) is 0 Å². The Morgan fingerprint density at radius 1 is 1.07 bits per heavy atom. The molecule has 0 aliphatic carbocycles. The molecule has 0 amide bonds. The molecule has 0 fully saturated rings. The molecule has 0 bridgehead atoms. The summed E-state index contributed by atoms with van der Waals surface area (Å²) in [5, 5.41) is 0. The SMILES string of the molecule is CC.CC.CCc1ccc(CN)cc1C. The van der Waals surface area contributed by atoms with Gasteiger partial charge in [-0.15, -0.1) is 0 Å². The molecule has 15 heavy (non-hydrogen) atoms. The fourth-order valence-electron chi connectivity index (χ4n) is 1.28. The van der Waals surface area contributed by atoms with Gasteiger partial charge in [0.25, 0.3) is 0 Å². The molecule has 0 unspecified atom stereocenters. The van der Waals surface area contributed by atoms with Gasteiger partial charge in [-0.3, -0.25) is 0 Å². The zero-order valence-corrected chi connectivity index (χ0v) is 11.2. The monoisotopic (exact) mass is 209 g/mol. The van der Waals surface area contributed by atoms with E-state index in [9.17, 15) is 0 Å². The maximum absolute atomic E-state index is 5.51. The lowest BCUT2D eigenvalue weighted by Crippen LogP contribution is -1.97. The summed E-state index contributed by atoms with van der Waals surface area (Å²) in [6, 6.07) is 6.43. The average molecular weight is 209 g/mol. The van der Waals surface area contributed by atoms with Crippen LogP contribution in [0.25, 0.3) is 0 Å². The number of rotatable bonds is 2. The lowest BCUT2D eigenvalue weighted by molar-refractivity contribution is 1.04. The highest BCUT2D eigenvalue weighted by Crippen LogP contribution is 2.10. The second-order valence-corrected chi connectivity index (χ2v) is 2.82. The van der Waals surface area contributed by atoms with Gasteiger partial charge in [-0.25, -0.2) is 0 Å². The predicted molar refractivity (Wildman–Crippen MR) is 71.1 cm³/mol. The van der Waals surface area contributed by atoms with Crippen LogP contribution in [0.3, 0.4) is 0 Å². The second-order valence-electron chi connectivity index (χ2n) is 2.82. The van der Waals surface area contributed by atoms with E-state index in [1.165, 1.54) is 16.7 Å². The van der Waals surface area contributed by atoms with E-state index in [1.54, 1.807) is 0 Å². The Balaban J connectivity index is 0. The van der Waals surface area contributed by atoms with E-state index in [4.69, 9.17) is 5.73 Å². The summed E-state index contributed by atoms with van der Waals surface area (Å²) >= 11 is 0. The maximum Gasteiger partial charge on any atom is 0.0178 e. The van der Waals surface area contributed by atoms with Crippen LogP contribution in [0.2, 0.25) is 0 Å². The predicted octanol–water partition coefficient (Wildman–Crippen LogP) is 4.07. The molecule has 1 nitrogen and oxygen atoms in total. The minimum Gasteiger partial charge on any atom is -0.326 e. The number of aryl methyl sites for hydroxylation is 2. The van der Waals surface area contributed by atoms with E-state index in [0.29, 0.717) is 6.54 Å². The van der Waals surface area contributed by atoms with Crippen molar-refractivity contribution in [3.8, 4) is 0 Å². The highest BCUT2D eigenvalue weighted by Gasteiger charge is 1.95. The van der Waals surface area contributed by atoms with Crippen molar-refractivity contribution in [3.05, 3.63) is 34.9 Å². The van der Waals surface area contributed by atoms with Gasteiger partial charge in [0.15, 0.2) is 0 Å². The first-order valence-electron chi connectivity index (χ1n) is 6.06. The third-order valence-electron chi connectivity index (χ3n) is 2.02. The van der Waals surface area contributed by atoms with Gasteiger partial charge in [0.05, 0.1) is 0 Å². The first-order valence-corrected chi connectivity index (χ1v) is 6.06. The first-order chi connectivity index (χ1) is 7.27. The van der Waals surface area contributed by atoms with Crippen molar-refractivity contribution >= 4 is 0 Å². The van der Waals surface area contributed by atoms with Gasteiger partial charge in [0, 0.05) is 6.54 Å². The quantitative estimate of drug-likeness (QED) is 0.780. The Morgan fingerprint density at radius 2 is 1.60 bits per heavy atom. The molecule has 0 radical (unpaired) electrons. The van der Waals surface area contributed by atoms with Crippen molar-refractivity contribution in [3.63, 3.8) is 0 Å². The van der Waals surface area contributed by atoms with Gasteiger partial charge < -0.3 is 5.73 Å². The molecular weight excluding hydrogens is 182 g/mol. The van der Waals surface area contributed by atoms with Crippen LogP contribution in [0.1, 0.15) is 51.3 Å². The van der Waals surface area contributed by atoms with Crippen molar-refractivity contribution in [1.82, 2.24) is 0 Å². The van der Waals surface area contributed by atoms with Crippen molar-refractivity contribution in [2.75, 3.05) is 0 Å². The molecule has 2 N–H and O–H groups in total. The Bertz CT molecular complexity index is 241. The van der Waals surface area contributed by atoms with E-state index in [1.807, 2.05) is 27.7 Å². The summed E-state index contributed by atoms with van der Waals surface area (Å²) in [7, 11) is 0. The van der Waals surface area contributed by atoms with Crippen molar-refractivity contribution < 1.29 is 0 Å². The number of benzene rings is 1. The molecule has 0 aliphatic heterocycles. The molecule has 0 aromatic heterocycles. The Labute approximate surface area is 95.7 Å². The molecule has 0 spiro atoms. The average Bonchev–Trinajstić information content (AvgIpc) is 2.34. The zero-order valence-electron chi connectivity index (χ0n) is 11.2. The fraction of sp³-hybridized carbons (Fsp3) is 0.571. The zero-order chi connectivity index (χ0) is 12.3. The van der Waals surface area contributed by atoms with Crippen molar-refractivity contribution in [1.29, 1.82) is 0 Å². The highest BCUT2D eigenvalue weighted by molar-refractivity contribution is 5.30. The van der Waals surface area contributed by atoms with Crippen LogP contribution in [0.4, 0.5) is 0 Å². The Morgan fingerprint density at radius 3 is 1.93 bits per heavy atom. The van der Waals surface area contributed by atoms with Gasteiger partial charge in [-0.05, 0) is 30.0 Å². The molecule has 0 heterocycles. The topological polar surface area (TPSA) is 26.0 Å². The van der Waals surface area contributed by atoms with E-state index >= 15 is 0 Å². The third-order valence-corrected chi connectivity index (χ3v) is 2.02. The second kappa shape index (κ2) is 11.3. The summed E-state index contributed by atoms with van der Waals surface area (Å²) < 4.78 is 0. The fourth-order valence-corrected chi connectivity index (χ4v) is 1.28. The Kier molecular flexibility index (Phi) is 12.5. The summed E-state index contributed by atoms with van der Waals surface area (Å²) in [5.41, 5.74) is 9.51. The lowest BCUT2D eigenvalue weighted by Gasteiger charge is -2.04. The molecule has 0 atom stereocenters. The van der Waals surface area contributed by atoms with Crippen molar-refractivity contribution in [2.45, 2.75) is 54.5 Å². The molecule has 1 aromatic rings. The van der Waals surface area contributed by atoms with E-state index in [-0.39, 0.29) is 0 Å². The molecule has 0 saturated heterocycles. The van der Waals surface area contributed by atoms with Crippen LogP contribution in [-0.4, -0.2) is 0 Å². The van der Waals surface area contributed by atoms with Crippen LogP contribution < -0.4 is 5.73 Å². The highest BCUT2D eigenvalue weighted by atomic mass is 14.5. The number of hydrogen-bond donors (Lipinski definition) is 1. The van der Waals surface area contributed by atoms with Crippen LogP contribution in [0.15, 0.2) is 18.2 Å². The normalized spacial score (nSPS) is 8.20. The summed E-state index contributed by atoms with van der Waals surface area (Å²) in [4.78, 5) is 0. The van der Waals surface area contributed by atoms with Gasteiger partial charge in [-0.1, -0.05) is 52.8 Å². The Hall–Kier alpha value is -0.820. The molecule has 1 aromatic carbocycles. The van der Waals surface area contributed by atoms with Crippen LogP contribution >= 0.6 is 0 Å². The van der Waals surface area contributed by atoms with Crippen LogP contribution in [0, 0.1) is 6.92 Å². The lowest BCUT2D eigenvalue weighted by atomic mass is 10.0. The molecule has 1 rings (SSSR count). The molecule has 0 saturated carbocycles. The minimum absolute atomic E-state index is 0.644.